The second kappa shape index (κ2) is 7.70. The average molecular weight is 344 g/mol. The van der Waals surface area contributed by atoms with Gasteiger partial charge in [-0.15, -0.1) is 5.10 Å². The summed E-state index contributed by atoms with van der Waals surface area (Å²) in [5, 5.41) is 13.0. The summed E-state index contributed by atoms with van der Waals surface area (Å²) in [7, 11) is 1.86. The Morgan fingerprint density at radius 1 is 0.923 bits per heavy atom. The highest BCUT2D eigenvalue weighted by Crippen LogP contribution is 2.11. The number of rotatable bonds is 5. The van der Waals surface area contributed by atoms with E-state index in [2.05, 4.69) is 15.3 Å². The molecule has 0 amide bonds. The third kappa shape index (κ3) is 3.83. The first-order valence-corrected chi connectivity index (χ1v) is 8.34. The maximum absolute atomic E-state index is 12.9. The van der Waals surface area contributed by atoms with Crippen molar-refractivity contribution in [2.24, 2.45) is 17.3 Å². The van der Waals surface area contributed by atoms with Gasteiger partial charge in [0.25, 0.3) is 0 Å². The van der Waals surface area contributed by atoms with Gasteiger partial charge in [0, 0.05) is 29.9 Å². The van der Waals surface area contributed by atoms with Crippen molar-refractivity contribution in [1.29, 1.82) is 0 Å². The largest absolute Gasteiger partial charge is 0.287 e. The minimum absolute atomic E-state index is 0.156. The summed E-state index contributed by atoms with van der Waals surface area (Å²) < 4.78 is 1.74. The topological polar surface area (TPSA) is 59.6 Å². The molecule has 26 heavy (non-hydrogen) atoms. The van der Waals surface area contributed by atoms with E-state index in [4.69, 9.17) is 0 Å². The maximum atomic E-state index is 12.9. The second-order valence-corrected chi connectivity index (χ2v) is 6.00. The SMILES string of the molecule is C/C(=N\N=C(\C(=O)c1ccccc1)c1ccccc1)c1cn(C)nc1C. The number of carbonyl (C=O) groups excluding carboxylic acids is 1. The number of nitrogens with zero attached hydrogens (tertiary/aromatic N) is 4. The van der Waals surface area contributed by atoms with Crippen molar-refractivity contribution < 1.29 is 4.79 Å². The summed E-state index contributed by atoms with van der Waals surface area (Å²) >= 11 is 0. The van der Waals surface area contributed by atoms with Crippen LogP contribution in [0.25, 0.3) is 0 Å². The monoisotopic (exact) mass is 344 g/mol. The van der Waals surface area contributed by atoms with Crippen LogP contribution in [0, 0.1) is 6.92 Å². The van der Waals surface area contributed by atoms with E-state index in [0.717, 1.165) is 16.8 Å². The Morgan fingerprint density at radius 3 is 2.04 bits per heavy atom. The quantitative estimate of drug-likeness (QED) is 0.401. The number of hydrogen-bond donors (Lipinski definition) is 0. The van der Waals surface area contributed by atoms with Crippen molar-refractivity contribution in [3.05, 3.63) is 89.2 Å². The van der Waals surface area contributed by atoms with E-state index in [1.807, 2.05) is 75.6 Å². The first-order valence-electron chi connectivity index (χ1n) is 8.34. The molecule has 2 aromatic carbocycles. The molecule has 0 aliphatic carbocycles. The fourth-order valence-corrected chi connectivity index (χ4v) is 2.69. The Balaban J connectivity index is 2.03. The third-order valence-corrected chi connectivity index (χ3v) is 4.00. The predicted octanol–water partition coefficient (Wildman–Crippen LogP) is 3.82. The molecule has 3 rings (SSSR count). The van der Waals surface area contributed by atoms with Gasteiger partial charge in [-0.05, 0) is 13.8 Å². The van der Waals surface area contributed by atoms with E-state index < -0.39 is 0 Å². The van der Waals surface area contributed by atoms with Gasteiger partial charge in [0.15, 0.2) is 0 Å². The Hall–Kier alpha value is -3.34. The van der Waals surface area contributed by atoms with E-state index >= 15 is 0 Å². The molecule has 5 nitrogen and oxygen atoms in total. The van der Waals surface area contributed by atoms with Crippen LogP contribution in [-0.4, -0.2) is 27.0 Å². The molecule has 0 spiro atoms. The van der Waals surface area contributed by atoms with Crippen LogP contribution in [0.2, 0.25) is 0 Å². The van der Waals surface area contributed by atoms with E-state index in [1.165, 1.54) is 0 Å². The molecule has 0 aliphatic heterocycles. The summed E-state index contributed by atoms with van der Waals surface area (Å²) in [6.45, 7) is 3.79. The molecule has 0 bridgehead atoms. The van der Waals surface area contributed by atoms with Crippen LogP contribution >= 0.6 is 0 Å². The molecule has 5 heteroatoms. The molecular weight excluding hydrogens is 324 g/mol. The fraction of sp³-hybridized carbons (Fsp3) is 0.143. The van der Waals surface area contributed by atoms with E-state index in [9.17, 15) is 4.79 Å². The van der Waals surface area contributed by atoms with E-state index in [0.29, 0.717) is 17.0 Å². The Bertz CT molecular complexity index is 970. The first kappa shape index (κ1) is 17.5. The van der Waals surface area contributed by atoms with Gasteiger partial charge in [-0.3, -0.25) is 9.48 Å². The van der Waals surface area contributed by atoms with Gasteiger partial charge in [-0.1, -0.05) is 60.7 Å². The van der Waals surface area contributed by atoms with E-state index in [-0.39, 0.29) is 5.78 Å². The molecule has 0 saturated carbocycles. The lowest BCUT2D eigenvalue weighted by molar-refractivity contribution is 0.106. The van der Waals surface area contributed by atoms with Crippen LogP contribution in [0.4, 0.5) is 0 Å². The van der Waals surface area contributed by atoms with E-state index in [1.54, 1.807) is 16.8 Å². The molecule has 0 unspecified atom stereocenters. The van der Waals surface area contributed by atoms with Crippen LogP contribution in [0.1, 0.15) is 34.1 Å². The molecule has 0 aliphatic rings. The van der Waals surface area contributed by atoms with Crippen LogP contribution in [0.3, 0.4) is 0 Å². The van der Waals surface area contributed by atoms with Gasteiger partial charge in [0.05, 0.1) is 11.4 Å². The molecule has 1 aromatic heterocycles. The van der Waals surface area contributed by atoms with Crippen molar-refractivity contribution in [2.75, 3.05) is 0 Å². The number of aromatic nitrogens is 2. The molecule has 3 aromatic rings. The molecule has 0 atom stereocenters. The molecule has 1 heterocycles. The van der Waals surface area contributed by atoms with Crippen LogP contribution < -0.4 is 0 Å². The zero-order chi connectivity index (χ0) is 18.5. The van der Waals surface area contributed by atoms with Gasteiger partial charge in [-0.2, -0.15) is 10.2 Å². The summed E-state index contributed by atoms with van der Waals surface area (Å²) in [5.41, 5.74) is 4.14. The zero-order valence-electron chi connectivity index (χ0n) is 15.0. The van der Waals surface area contributed by atoms with Crippen molar-refractivity contribution >= 4 is 17.2 Å². The second-order valence-electron chi connectivity index (χ2n) is 6.00. The van der Waals surface area contributed by atoms with Crippen LogP contribution in [0.15, 0.2) is 77.1 Å². The molecule has 0 saturated heterocycles. The smallest absolute Gasteiger partial charge is 0.213 e. The minimum Gasteiger partial charge on any atom is -0.287 e. The standard InChI is InChI=1S/C21H20N4O/c1-15(19-14-25(3)24-16(19)2)22-23-20(17-10-6-4-7-11-17)21(26)18-12-8-5-9-13-18/h4-14H,1-3H3/b22-15+,23-20+. The number of aryl methyl sites for hydroxylation is 2. The normalized spacial score (nSPS) is 12.3. The zero-order valence-corrected chi connectivity index (χ0v) is 15.0. The Morgan fingerprint density at radius 2 is 1.50 bits per heavy atom. The molecule has 0 radical (unpaired) electrons. The van der Waals surface area contributed by atoms with Crippen molar-refractivity contribution in [1.82, 2.24) is 9.78 Å². The molecule has 0 fully saturated rings. The molecular formula is C21H20N4O. The Kier molecular flexibility index (Phi) is 5.17. The lowest BCUT2D eigenvalue weighted by Crippen LogP contribution is -2.15. The molecule has 130 valence electrons. The fourth-order valence-electron chi connectivity index (χ4n) is 2.69. The number of Topliss-reactive ketones (excluding diaryl/α,β-unsaturated/α-hetero) is 1. The third-order valence-electron chi connectivity index (χ3n) is 4.00. The number of benzene rings is 2. The average Bonchev–Trinajstić information content (AvgIpc) is 3.01. The minimum atomic E-state index is -0.156. The Labute approximate surface area is 152 Å². The number of carbonyl (C=O) groups is 1. The summed E-state index contributed by atoms with van der Waals surface area (Å²) in [6.07, 6.45) is 1.89. The highest BCUT2D eigenvalue weighted by Gasteiger charge is 2.16. The van der Waals surface area contributed by atoms with Gasteiger partial charge in [0.2, 0.25) is 5.78 Å². The highest BCUT2D eigenvalue weighted by molar-refractivity contribution is 6.51. The summed E-state index contributed by atoms with van der Waals surface area (Å²) in [4.78, 5) is 12.9. The number of ketones is 1. The molecule has 0 N–H and O–H groups in total. The van der Waals surface area contributed by atoms with Crippen molar-refractivity contribution in [3.63, 3.8) is 0 Å². The maximum Gasteiger partial charge on any atom is 0.213 e. The van der Waals surface area contributed by atoms with Gasteiger partial charge >= 0.3 is 0 Å². The number of hydrogen-bond acceptors (Lipinski definition) is 4. The summed E-state index contributed by atoms with van der Waals surface area (Å²) in [6, 6.07) is 18.5. The van der Waals surface area contributed by atoms with Gasteiger partial charge < -0.3 is 0 Å². The predicted molar refractivity (Wildman–Crippen MR) is 104 cm³/mol. The van der Waals surface area contributed by atoms with Gasteiger partial charge in [0.1, 0.15) is 5.71 Å². The summed E-state index contributed by atoms with van der Waals surface area (Å²) in [5.74, 6) is -0.156. The van der Waals surface area contributed by atoms with Crippen LogP contribution in [0.5, 0.6) is 0 Å². The van der Waals surface area contributed by atoms with Crippen LogP contribution in [-0.2, 0) is 7.05 Å². The van der Waals surface area contributed by atoms with Gasteiger partial charge in [-0.25, -0.2) is 0 Å². The van der Waals surface area contributed by atoms with Crippen molar-refractivity contribution in [3.8, 4) is 0 Å². The van der Waals surface area contributed by atoms with Crippen molar-refractivity contribution in [2.45, 2.75) is 13.8 Å². The lowest BCUT2D eigenvalue weighted by atomic mass is 10.0. The lowest BCUT2D eigenvalue weighted by Gasteiger charge is -2.05. The first-order chi connectivity index (χ1) is 12.6. The highest BCUT2D eigenvalue weighted by atomic mass is 16.1.